The second-order valence-electron chi connectivity index (χ2n) is 5.50. The molecule has 0 amide bonds. The van der Waals surface area contributed by atoms with Gasteiger partial charge in [0.15, 0.2) is 0 Å². The van der Waals surface area contributed by atoms with Gasteiger partial charge in [-0.2, -0.15) is 4.98 Å². The summed E-state index contributed by atoms with van der Waals surface area (Å²) in [6.07, 6.45) is 3.57. The number of pyridine rings is 1. The number of hydrogen-bond acceptors (Lipinski definition) is 5. The van der Waals surface area contributed by atoms with Gasteiger partial charge in [0, 0.05) is 18.7 Å². The van der Waals surface area contributed by atoms with E-state index in [4.69, 9.17) is 4.52 Å². The molecule has 2 aromatic heterocycles. The van der Waals surface area contributed by atoms with E-state index in [0.717, 1.165) is 24.1 Å². The minimum absolute atomic E-state index is 0.355. The zero-order chi connectivity index (χ0) is 14.5. The van der Waals surface area contributed by atoms with Crippen LogP contribution < -0.4 is 5.32 Å². The average molecular weight is 274 g/mol. The Labute approximate surface area is 119 Å². The van der Waals surface area contributed by atoms with Crippen LogP contribution in [0.15, 0.2) is 22.9 Å². The van der Waals surface area contributed by atoms with Gasteiger partial charge < -0.3 is 9.84 Å². The summed E-state index contributed by atoms with van der Waals surface area (Å²) in [6, 6.07) is 4.25. The summed E-state index contributed by atoms with van der Waals surface area (Å²) >= 11 is 0. The van der Waals surface area contributed by atoms with Crippen LogP contribution in [0.4, 0.5) is 0 Å². The molecule has 0 fully saturated rings. The Balaban J connectivity index is 2.11. The van der Waals surface area contributed by atoms with Crippen molar-refractivity contribution in [1.82, 2.24) is 20.4 Å². The second-order valence-corrected chi connectivity index (χ2v) is 5.50. The highest BCUT2D eigenvalue weighted by atomic mass is 16.5. The Morgan fingerprint density at radius 1 is 1.35 bits per heavy atom. The van der Waals surface area contributed by atoms with Crippen molar-refractivity contribution in [3.05, 3.63) is 29.8 Å². The summed E-state index contributed by atoms with van der Waals surface area (Å²) in [6.45, 7) is 6.41. The molecule has 0 aromatic carbocycles. The molecule has 0 saturated heterocycles. The first-order valence-electron chi connectivity index (χ1n) is 7.02. The minimum Gasteiger partial charge on any atom is -0.339 e. The highest BCUT2D eigenvalue weighted by Crippen LogP contribution is 2.18. The Bertz CT molecular complexity index is 550. The van der Waals surface area contributed by atoms with E-state index in [-0.39, 0.29) is 0 Å². The Morgan fingerprint density at radius 3 is 2.80 bits per heavy atom. The first kappa shape index (κ1) is 14.7. The van der Waals surface area contributed by atoms with Gasteiger partial charge in [0.2, 0.25) is 11.7 Å². The van der Waals surface area contributed by atoms with Crippen molar-refractivity contribution in [1.29, 1.82) is 0 Å². The first-order chi connectivity index (χ1) is 9.60. The molecule has 0 aliphatic heterocycles. The molecule has 0 aliphatic carbocycles. The largest absolute Gasteiger partial charge is 0.339 e. The summed E-state index contributed by atoms with van der Waals surface area (Å²) in [5.41, 5.74) is 1.83. The topological polar surface area (TPSA) is 63.8 Å². The van der Waals surface area contributed by atoms with Gasteiger partial charge in [-0.3, -0.25) is 4.98 Å². The molecule has 2 aromatic rings. The molecule has 2 heterocycles. The number of hydrogen-bond donors (Lipinski definition) is 1. The lowest BCUT2D eigenvalue weighted by Gasteiger charge is -2.15. The molecule has 108 valence electrons. The molecule has 0 saturated carbocycles. The van der Waals surface area contributed by atoms with Crippen LogP contribution in [0.3, 0.4) is 0 Å². The van der Waals surface area contributed by atoms with Crippen LogP contribution in [-0.2, 0) is 6.42 Å². The Kier molecular flexibility index (Phi) is 4.84. The summed E-state index contributed by atoms with van der Waals surface area (Å²) < 4.78 is 5.35. The number of aromatic nitrogens is 3. The highest BCUT2D eigenvalue weighted by Gasteiger charge is 2.16. The fourth-order valence-corrected chi connectivity index (χ4v) is 2.24. The minimum atomic E-state index is 0.355. The van der Waals surface area contributed by atoms with Crippen molar-refractivity contribution in [3.63, 3.8) is 0 Å². The first-order valence-corrected chi connectivity index (χ1v) is 7.02. The zero-order valence-electron chi connectivity index (χ0n) is 12.6. The molecule has 0 bridgehead atoms. The van der Waals surface area contributed by atoms with Crippen molar-refractivity contribution in [3.8, 4) is 11.5 Å². The number of nitrogens with one attached hydrogen (secondary N) is 1. The van der Waals surface area contributed by atoms with Crippen LogP contribution in [0.2, 0.25) is 0 Å². The van der Waals surface area contributed by atoms with Crippen molar-refractivity contribution < 1.29 is 4.52 Å². The standard InChI is InChI=1S/C15H22N4O/c1-10(2)8-12(16-4)9-13-18-15(19-20-13)14-11(3)6-5-7-17-14/h5-7,10,12,16H,8-9H2,1-4H3. The molecule has 0 spiro atoms. The maximum atomic E-state index is 5.35. The monoisotopic (exact) mass is 274 g/mol. The van der Waals surface area contributed by atoms with Gasteiger partial charge in [-0.1, -0.05) is 25.1 Å². The predicted octanol–water partition coefficient (Wildman–Crippen LogP) is 2.62. The van der Waals surface area contributed by atoms with Gasteiger partial charge >= 0.3 is 0 Å². The molecular formula is C15H22N4O. The zero-order valence-corrected chi connectivity index (χ0v) is 12.6. The number of rotatable bonds is 6. The Morgan fingerprint density at radius 2 is 2.15 bits per heavy atom. The van der Waals surface area contributed by atoms with Crippen LogP contribution in [-0.4, -0.2) is 28.2 Å². The van der Waals surface area contributed by atoms with Crippen molar-refractivity contribution >= 4 is 0 Å². The van der Waals surface area contributed by atoms with E-state index >= 15 is 0 Å². The fourth-order valence-electron chi connectivity index (χ4n) is 2.24. The summed E-state index contributed by atoms with van der Waals surface area (Å²) in [4.78, 5) is 8.77. The van der Waals surface area contributed by atoms with E-state index in [1.807, 2.05) is 26.1 Å². The number of aryl methyl sites for hydroxylation is 1. The highest BCUT2D eigenvalue weighted by molar-refractivity contribution is 5.53. The lowest BCUT2D eigenvalue weighted by molar-refractivity contribution is 0.345. The smallest absolute Gasteiger partial charge is 0.228 e. The van der Waals surface area contributed by atoms with Gasteiger partial charge in [0.05, 0.1) is 0 Å². The molecule has 20 heavy (non-hydrogen) atoms. The number of nitrogens with zero attached hydrogens (tertiary/aromatic N) is 3. The second kappa shape index (κ2) is 6.61. The van der Waals surface area contributed by atoms with Crippen molar-refractivity contribution in [2.45, 2.75) is 39.7 Å². The molecule has 0 radical (unpaired) electrons. The van der Waals surface area contributed by atoms with Crippen LogP contribution in [0, 0.1) is 12.8 Å². The molecule has 2 rings (SSSR count). The number of likely N-dealkylation sites (N-methyl/N-ethyl adjacent to an activating group) is 1. The molecule has 5 nitrogen and oxygen atoms in total. The Hall–Kier alpha value is -1.75. The SMILES string of the molecule is CNC(Cc1nc(-c2ncccc2C)no1)CC(C)C. The third kappa shape index (κ3) is 3.63. The average Bonchev–Trinajstić information content (AvgIpc) is 2.86. The summed E-state index contributed by atoms with van der Waals surface area (Å²) in [5, 5.41) is 7.34. The predicted molar refractivity (Wildman–Crippen MR) is 78.3 cm³/mol. The quantitative estimate of drug-likeness (QED) is 0.877. The third-order valence-electron chi connectivity index (χ3n) is 3.27. The summed E-state index contributed by atoms with van der Waals surface area (Å²) in [7, 11) is 1.97. The van der Waals surface area contributed by atoms with Crippen molar-refractivity contribution in [2.24, 2.45) is 5.92 Å². The van der Waals surface area contributed by atoms with Gasteiger partial charge in [0.25, 0.3) is 0 Å². The molecule has 5 heteroatoms. The third-order valence-corrected chi connectivity index (χ3v) is 3.27. The van der Waals surface area contributed by atoms with Gasteiger partial charge in [-0.15, -0.1) is 0 Å². The van der Waals surface area contributed by atoms with E-state index in [0.29, 0.717) is 23.7 Å². The fraction of sp³-hybridized carbons (Fsp3) is 0.533. The van der Waals surface area contributed by atoms with E-state index in [9.17, 15) is 0 Å². The van der Waals surface area contributed by atoms with E-state index in [1.165, 1.54) is 0 Å². The van der Waals surface area contributed by atoms with E-state index in [1.54, 1.807) is 6.20 Å². The normalized spacial score (nSPS) is 12.8. The van der Waals surface area contributed by atoms with Crippen LogP contribution >= 0.6 is 0 Å². The maximum absolute atomic E-state index is 5.35. The van der Waals surface area contributed by atoms with Crippen LogP contribution in [0.1, 0.15) is 31.7 Å². The van der Waals surface area contributed by atoms with Crippen molar-refractivity contribution in [2.75, 3.05) is 7.05 Å². The van der Waals surface area contributed by atoms with E-state index < -0.39 is 0 Å². The van der Waals surface area contributed by atoms with Gasteiger partial charge in [0.1, 0.15) is 5.69 Å². The lowest BCUT2D eigenvalue weighted by Crippen LogP contribution is -2.29. The van der Waals surface area contributed by atoms with Gasteiger partial charge in [-0.25, -0.2) is 0 Å². The molecule has 1 atom stereocenters. The molecule has 1 unspecified atom stereocenters. The molecule has 0 aliphatic rings. The molecule has 1 N–H and O–H groups in total. The lowest BCUT2D eigenvalue weighted by atomic mass is 10.0. The molecular weight excluding hydrogens is 252 g/mol. The van der Waals surface area contributed by atoms with Gasteiger partial charge in [-0.05, 0) is 37.9 Å². The maximum Gasteiger partial charge on any atom is 0.228 e. The van der Waals surface area contributed by atoms with Crippen LogP contribution in [0.5, 0.6) is 0 Å². The van der Waals surface area contributed by atoms with Crippen LogP contribution in [0.25, 0.3) is 11.5 Å². The summed E-state index contributed by atoms with van der Waals surface area (Å²) in [5.74, 6) is 1.86. The van der Waals surface area contributed by atoms with E-state index in [2.05, 4.69) is 34.3 Å².